The van der Waals surface area contributed by atoms with Gasteiger partial charge in [0.25, 0.3) is 0 Å². The van der Waals surface area contributed by atoms with Crippen molar-refractivity contribution in [3.63, 3.8) is 0 Å². The Labute approximate surface area is 67.9 Å². The molecule has 0 aliphatic rings. The molecule has 0 saturated carbocycles. The molecule has 0 amide bonds. The Balaban J connectivity index is 2.83. The van der Waals surface area contributed by atoms with E-state index in [1.54, 1.807) is 6.08 Å². The van der Waals surface area contributed by atoms with Gasteiger partial charge in [0, 0.05) is 5.56 Å². The Morgan fingerprint density at radius 2 is 2.40 bits per heavy atom. The molecular weight excluding hydrogens is 168 g/mol. The second kappa shape index (κ2) is 3.54. The van der Waals surface area contributed by atoms with Crippen LogP contribution in [0.3, 0.4) is 0 Å². The minimum absolute atomic E-state index is 0.720. The van der Waals surface area contributed by atoms with Gasteiger partial charge in [0.15, 0.2) is 0 Å². The molecule has 0 saturated heterocycles. The summed E-state index contributed by atoms with van der Waals surface area (Å²) in [4.78, 5) is 9.88. The lowest BCUT2D eigenvalue weighted by Crippen LogP contribution is -1.63. The average Bonchev–Trinajstić information content (AvgIpc) is 2.31. The van der Waals surface area contributed by atoms with Gasteiger partial charge in [0.2, 0.25) is 0 Å². The zero-order chi connectivity index (χ0) is 7.40. The van der Waals surface area contributed by atoms with Gasteiger partial charge >= 0.3 is 0 Å². The predicted molar refractivity (Wildman–Crippen MR) is 44.4 cm³/mol. The number of carbonyl (C=O) groups is 1. The van der Waals surface area contributed by atoms with Gasteiger partial charge in [-0.15, -0.1) is 11.3 Å². The number of hydrogen-bond donors (Lipinski definition) is 0. The van der Waals surface area contributed by atoms with Crippen molar-refractivity contribution in [2.75, 3.05) is 0 Å². The van der Waals surface area contributed by atoms with Gasteiger partial charge in [-0.3, -0.25) is 4.79 Å². The molecule has 0 aliphatic heterocycles. The van der Waals surface area contributed by atoms with E-state index in [2.05, 4.69) is 0 Å². The molecule has 1 rings (SSSR count). The second-order valence-electron chi connectivity index (χ2n) is 1.64. The maximum atomic E-state index is 9.88. The van der Waals surface area contributed by atoms with E-state index in [0.29, 0.717) is 0 Å². The van der Waals surface area contributed by atoms with Crippen molar-refractivity contribution in [1.29, 1.82) is 0 Å². The van der Waals surface area contributed by atoms with Crippen molar-refractivity contribution in [2.24, 2.45) is 0 Å². The Morgan fingerprint density at radius 3 is 2.90 bits per heavy atom. The summed E-state index contributed by atoms with van der Waals surface area (Å²) in [5, 5.41) is 1.88. The smallest absolute Gasteiger partial charge is 0.142 e. The van der Waals surface area contributed by atoms with E-state index in [1.807, 2.05) is 11.4 Å². The third-order valence-electron chi connectivity index (χ3n) is 1.00. The van der Waals surface area contributed by atoms with Gasteiger partial charge < -0.3 is 0 Å². The second-order valence-corrected chi connectivity index (χ2v) is 3.16. The van der Waals surface area contributed by atoms with E-state index < -0.39 is 0 Å². The zero-order valence-corrected chi connectivity index (χ0v) is 6.65. The molecule has 0 N–H and O–H groups in total. The van der Waals surface area contributed by atoms with E-state index in [1.165, 1.54) is 17.4 Å². The van der Waals surface area contributed by atoms with Crippen molar-refractivity contribution < 1.29 is 4.79 Å². The maximum Gasteiger partial charge on any atom is 0.142 e. The van der Waals surface area contributed by atoms with Crippen LogP contribution in [0.1, 0.15) is 5.56 Å². The molecule has 0 spiro atoms. The highest BCUT2D eigenvalue weighted by Gasteiger charge is 1.94. The number of thiophene rings is 1. The van der Waals surface area contributed by atoms with Gasteiger partial charge in [0.1, 0.15) is 10.6 Å². The van der Waals surface area contributed by atoms with Crippen LogP contribution in [0.5, 0.6) is 0 Å². The van der Waals surface area contributed by atoms with E-state index in [4.69, 9.17) is 11.6 Å². The zero-order valence-electron chi connectivity index (χ0n) is 5.08. The quantitative estimate of drug-likeness (QED) is 0.495. The monoisotopic (exact) mass is 172 g/mol. The first-order valence-corrected chi connectivity index (χ1v) is 3.95. The van der Waals surface area contributed by atoms with E-state index >= 15 is 0 Å². The van der Waals surface area contributed by atoms with Crippen LogP contribution in [0, 0.1) is 0 Å². The number of carbonyl (C=O) groups excluding carboxylic acids is 1. The number of aldehydes is 1. The van der Waals surface area contributed by atoms with Crippen molar-refractivity contribution in [2.45, 2.75) is 0 Å². The van der Waals surface area contributed by atoms with Crippen molar-refractivity contribution in [3.8, 4) is 0 Å². The topological polar surface area (TPSA) is 17.1 Å². The van der Waals surface area contributed by atoms with Gasteiger partial charge in [-0.05, 0) is 23.6 Å². The summed E-state index contributed by atoms with van der Waals surface area (Å²) in [6.07, 6.45) is 3.84. The molecule has 0 aromatic carbocycles. The summed E-state index contributed by atoms with van der Waals surface area (Å²) in [6.45, 7) is 0. The van der Waals surface area contributed by atoms with Crippen LogP contribution in [-0.2, 0) is 4.79 Å². The van der Waals surface area contributed by atoms with Crippen molar-refractivity contribution >= 4 is 35.3 Å². The Morgan fingerprint density at radius 1 is 1.60 bits per heavy atom. The minimum Gasteiger partial charge on any atom is -0.299 e. The van der Waals surface area contributed by atoms with E-state index in [-0.39, 0.29) is 0 Å². The molecule has 0 atom stereocenters. The molecule has 1 aromatic heterocycles. The maximum absolute atomic E-state index is 9.88. The van der Waals surface area contributed by atoms with Crippen molar-refractivity contribution in [1.82, 2.24) is 0 Å². The molecule has 0 unspecified atom stereocenters. The highest BCUT2D eigenvalue weighted by atomic mass is 35.5. The molecule has 1 nitrogen and oxygen atoms in total. The van der Waals surface area contributed by atoms with Crippen LogP contribution in [-0.4, -0.2) is 6.29 Å². The fourth-order valence-electron chi connectivity index (χ4n) is 0.565. The predicted octanol–water partition coefficient (Wildman–Crippen LogP) is 2.61. The highest BCUT2D eigenvalue weighted by molar-refractivity contribution is 7.14. The first-order valence-electron chi connectivity index (χ1n) is 2.69. The number of allylic oxidation sites excluding steroid dienone is 1. The van der Waals surface area contributed by atoms with Crippen LogP contribution in [0.4, 0.5) is 0 Å². The van der Waals surface area contributed by atoms with Crippen LogP contribution in [0.25, 0.3) is 6.08 Å². The normalized spacial score (nSPS) is 10.5. The molecule has 1 aromatic rings. The fourth-order valence-corrected chi connectivity index (χ4v) is 1.45. The molecule has 1 heterocycles. The highest BCUT2D eigenvalue weighted by Crippen LogP contribution is 2.23. The molecule has 0 fully saturated rings. The lowest BCUT2D eigenvalue weighted by molar-refractivity contribution is -0.104. The summed E-state index contributed by atoms with van der Waals surface area (Å²) in [7, 11) is 0. The molecule has 3 heteroatoms. The molecule has 0 bridgehead atoms. The summed E-state index contributed by atoms with van der Waals surface area (Å²) in [5.41, 5.74) is 0.902. The first kappa shape index (κ1) is 7.51. The third-order valence-corrected chi connectivity index (χ3v) is 2.20. The average molecular weight is 173 g/mol. The fraction of sp³-hybridized carbons (Fsp3) is 0. The van der Waals surface area contributed by atoms with Gasteiger partial charge in [0.05, 0.1) is 0 Å². The molecule has 0 aliphatic carbocycles. The number of rotatable bonds is 2. The molecular formula is C7H5ClOS. The third kappa shape index (κ3) is 1.69. The summed E-state index contributed by atoms with van der Waals surface area (Å²) < 4.78 is 0.720. The lowest BCUT2D eigenvalue weighted by Gasteiger charge is -1.82. The van der Waals surface area contributed by atoms with Crippen molar-refractivity contribution in [3.05, 3.63) is 27.4 Å². The first-order chi connectivity index (χ1) is 4.84. The Bertz CT molecular complexity index is 252. The largest absolute Gasteiger partial charge is 0.299 e. The number of hydrogen-bond acceptors (Lipinski definition) is 2. The van der Waals surface area contributed by atoms with Crippen LogP contribution in [0.2, 0.25) is 4.34 Å². The van der Waals surface area contributed by atoms with Gasteiger partial charge in [-0.1, -0.05) is 11.6 Å². The summed E-state index contributed by atoms with van der Waals surface area (Å²) in [6, 6.07) is 1.87. The molecule has 0 radical (unpaired) electrons. The van der Waals surface area contributed by atoms with E-state index in [9.17, 15) is 4.79 Å². The number of halogens is 1. The SMILES string of the molecule is O=CC=Cc1ccsc1Cl. The van der Waals surface area contributed by atoms with E-state index in [0.717, 1.165) is 16.2 Å². The summed E-state index contributed by atoms with van der Waals surface area (Å²) >= 11 is 7.18. The summed E-state index contributed by atoms with van der Waals surface area (Å²) in [5.74, 6) is 0. The standard InChI is InChI=1S/C7H5ClOS/c8-7-6(2-1-4-9)3-5-10-7/h1-5H. The van der Waals surface area contributed by atoms with Crippen LogP contribution in [0.15, 0.2) is 17.5 Å². The lowest BCUT2D eigenvalue weighted by atomic mass is 10.3. The van der Waals surface area contributed by atoms with Crippen LogP contribution >= 0.6 is 22.9 Å². The van der Waals surface area contributed by atoms with Gasteiger partial charge in [-0.2, -0.15) is 0 Å². The Kier molecular flexibility index (Phi) is 2.66. The van der Waals surface area contributed by atoms with Gasteiger partial charge in [-0.25, -0.2) is 0 Å². The Hall–Kier alpha value is -0.600. The van der Waals surface area contributed by atoms with Crippen LogP contribution < -0.4 is 0 Å². The molecule has 10 heavy (non-hydrogen) atoms. The minimum atomic E-state index is 0.720. The molecule has 52 valence electrons.